The predicted octanol–water partition coefficient (Wildman–Crippen LogP) is 0.836. The van der Waals surface area contributed by atoms with Crippen LogP contribution in [0.5, 0.6) is 0 Å². The largest absolute Gasteiger partial charge is 0.370 e. The molecular weight excluding hydrogens is 316 g/mol. The summed E-state index contributed by atoms with van der Waals surface area (Å²) in [6.07, 6.45) is 1.59. The molecule has 0 fully saturated rings. The van der Waals surface area contributed by atoms with Crippen LogP contribution < -0.4 is 15.4 Å². The summed E-state index contributed by atoms with van der Waals surface area (Å²) in [7, 11) is -3.19. The Balaban J connectivity index is 2.48. The monoisotopic (exact) mass is 334 g/mol. The van der Waals surface area contributed by atoms with E-state index in [2.05, 4.69) is 20.3 Å². The highest BCUT2D eigenvalue weighted by molar-refractivity contribution is 7.88. The van der Waals surface area contributed by atoms with Gasteiger partial charge >= 0.3 is 0 Å². The van der Waals surface area contributed by atoms with Crippen molar-refractivity contribution in [1.82, 2.24) is 15.0 Å². The third-order valence-electron chi connectivity index (χ3n) is 2.42. The summed E-state index contributed by atoms with van der Waals surface area (Å²) in [5, 5.41) is 5.91. The molecular formula is C12H19ClN4O3S. The van der Waals surface area contributed by atoms with Crippen LogP contribution in [0, 0.1) is 0 Å². The third kappa shape index (κ3) is 7.26. The van der Waals surface area contributed by atoms with E-state index in [9.17, 15) is 13.2 Å². The lowest BCUT2D eigenvalue weighted by Gasteiger charge is -2.08. The van der Waals surface area contributed by atoms with E-state index in [0.717, 1.165) is 6.26 Å². The molecule has 9 heteroatoms. The molecule has 7 nitrogen and oxygen atoms in total. The number of pyridine rings is 1. The summed E-state index contributed by atoms with van der Waals surface area (Å²) in [4.78, 5) is 16.0. The first-order chi connectivity index (χ1) is 9.81. The number of halogens is 1. The average molecular weight is 335 g/mol. The lowest BCUT2D eigenvalue weighted by molar-refractivity contribution is 0.0953. The molecule has 21 heavy (non-hydrogen) atoms. The van der Waals surface area contributed by atoms with Gasteiger partial charge in [-0.05, 0) is 25.5 Å². The smallest absolute Gasteiger partial charge is 0.251 e. The molecule has 0 aliphatic heterocycles. The van der Waals surface area contributed by atoms with Gasteiger partial charge in [-0.2, -0.15) is 0 Å². The Hall–Kier alpha value is -1.38. The van der Waals surface area contributed by atoms with Crippen LogP contribution in [0.25, 0.3) is 0 Å². The normalized spacial score (nSPS) is 11.2. The summed E-state index contributed by atoms with van der Waals surface area (Å²) < 4.78 is 24.1. The molecule has 0 radical (unpaired) electrons. The van der Waals surface area contributed by atoms with Crippen LogP contribution in [0.4, 0.5) is 5.82 Å². The maximum absolute atomic E-state index is 11.9. The second-order valence-corrected chi connectivity index (χ2v) is 6.59. The Kier molecular flexibility index (Phi) is 6.86. The second kappa shape index (κ2) is 8.16. The Morgan fingerprint density at radius 2 is 2.05 bits per heavy atom. The van der Waals surface area contributed by atoms with E-state index < -0.39 is 10.0 Å². The van der Waals surface area contributed by atoms with Crippen LogP contribution in [-0.2, 0) is 10.0 Å². The number of amides is 1. The molecule has 1 heterocycles. The molecule has 0 bridgehead atoms. The molecule has 0 aromatic carbocycles. The highest BCUT2D eigenvalue weighted by atomic mass is 35.5. The van der Waals surface area contributed by atoms with E-state index in [0.29, 0.717) is 30.9 Å². The first-order valence-corrected chi connectivity index (χ1v) is 8.73. The van der Waals surface area contributed by atoms with Crippen LogP contribution in [0.15, 0.2) is 12.1 Å². The molecule has 0 atom stereocenters. The first kappa shape index (κ1) is 17.7. The lowest BCUT2D eigenvalue weighted by Crippen LogP contribution is -2.29. The van der Waals surface area contributed by atoms with Gasteiger partial charge in [-0.15, -0.1) is 0 Å². The van der Waals surface area contributed by atoms with Crippen molar-refractivity contribution in [2.24, 2.45) is 0 Å². The summed E-state index contributed by atoms with van der Waals surface area (Å²) in [5.41, 5.74) is 0.405. The number of aromatic nitrogens is 1. The Labute approximate surface area is 129 Å². The van der Waals surface area contributed by atoms with Crippen LogP contribution in [0.2, 0.25) is 5.15 Å². The quantitative estimate of drug-likeness (QED) is 0.483. The molecule has 0 spiro atoms. The van der Waals surface area contributed by atoms with Gasteiger partial charge in [0.05, 0.1) is 6.26 Å². The number of hydrogen-bond acceptors (Lipinski definition) is 5. The van der Waals surface area contributed by atoms with E-state index >= 15 is 0 Å². The van der Waals surface area contributed by atoms with Gasteiger partial charge in [-0.25, -0.2) is 18.1 Å². The zero-order valence-corrected chi connectivity index (χ0v) is 13.5. The molecule has 0 saturated carbocycles. The molecule has 0 saturated heterocycles. The Bertz CT molecular complexity index is 592. The molecule has 0 unspecified atom stereocenters. The van der Waals surface area contributed by atoms with Gasteiger partial charge in [0.15, 0.2) is 0 Å². The molecule has 1 aromatic heterocycles. The van der Waals surface area contributed by atoms with Gasteiger partial charge in [0.25, 0.3) is 5.91 Å². The van der Waals surface area contributed by atoms with Crippen molar-refractivity contribution in [3.05, 3.63) is 22.8 Å². The summed E-state index contributed by atoms with van der Waals surface area (Å²) in [5.74, 6) is 0.256. The number of sulfonamides is 1. The van der Waals surface area contributed by atoms with Gasteiger partial charge < -0.3 is 10.6 Å². The third-order valence-corrected chi connectivity index (χ3v) is 3.34. The number of carbonyl (C=O) groups is 1. The predicted molar refractivity (Wildman–Crippen MR) is 83.2 cm³/mol. The minimum absolute atomic E-state index is 0.234. The van der Waals surface area contributed by atoms with Gasteiger partial charge in [0.1, 0.15) is 11.0 Å². The van der Waals surface area contributed by atoms with Crippen molar-refractivity contribution < 1.29 is 13.2 Å². The molecule has 1 aromatic rings. The Morgan fingerprint density at radius 1 is 1.33 bits per heavy atom. The minimum Gasteiger partial charge on any atom is -0.370 e. The fourth-order valence-corrected chi connectivity index (χ4v) is 2.27. The molecule has 1 amide bonds. The van der Waals surface area contributed by atoms with Crippen molar-refractivity contribution in [3.63, 3.8) is 0 Å². The van der Waals surface area contributed by atoms with Crippen molar-refractivity contribution >= 4 is 33.3 Å². The topological polar surface area (TPSA) is 100 Å². The first-order valence-electron chi connectivity index (χ1n) is 6.46. The number of anilines is 1. The highest BCUT2D eigenvalue weighted by Gasteiger charge is 2.09. The summed E-state index contributed by atoms with van der Waals surface area (Å²) in [6, 6.07) is 3.09. The Morgan fingerprint density at radius 3 is 2.67 bits per heavy atom. The zero-order valence-electron chi connectivity index (χ0n) is 11.9. The maximum atomic E-state index is 11.9. The number of hydrogen-bond donors (Lipinski definition) is 3. The van der Waals surface area contributed by atoms with Crippen molar-refractivity contribution in [1.29, 1.82) is 0 Å². The number of nitrogens with one attached hydrogen (secondary N) is 3. The fourth-order valence-electron chi connectivity index (χ4n) is 1.55. The SMILES string of the molecule is CCNc1cc(C(=O)NCCCNS(C)(=O)=O)cc(Cl)n1. The molecule has 0 aliphatic rings. The van der Waals surface area contributed by atoms with E-state index in [1.165, 1.54) is 6.07 Å². The van der Waals surface area contributed by atoms with Crippen molar-refractivity contribution in [2.45, 2.75) is 13.3 Å². The molecule has 118 valence electrons. The number of rotatable bonds is 8. The maximum Gasteiger partial charge on any atom is 0.251 e. The molecule has 1 rings (SSSR count). The van der Waals surface area contributed by atoms with E-state index in [1.54, 1.807) is 6.07 Å². The van der Waals surface area contributed by atoms with Crippen LogP contribution in [-0.4, -0.2) is 45.2 Å². The van der Waals surface area contributed by atoms with E-state index in [-0.39, 0.29) is 17.6 Å². The zero-order chi connectivity index (χ0) is 15.9. The van der Waals surface area contributed by atoms with Crippen LogP contribution >= 0.6 is 11.6 Å². The molecule has 3 N–H and O–H groups in total. The second-order valence-electron chi connectivity index (χ2n) is 4.37. The average Bonchev–Trinajstić information content (AvgIpc) is 2.36. The highest BCUT2D eigenvalue weighted by Crippen LogP contribution is 2.14. The van der Waals surface area contributed by atoms with Crippen molar-refractivity contribution in [2.75, 3.05) is 31.2 Å². The van der Waals surface area contributed by atoms with E-state index in [4.69, 9.17) is 11.6 Å². The van der Waals surface area contributed by atoms with Crippen molar-refractivity contribution in [3.8, 4) is 0 Å². The van der Waals surface area contributed by atoms with Crippen LogP contribution in [0.3, 0.4) is 0 Å². The fraction of sp³-hybridized carbons (Fsp3) is 0.500. The van der Waals surface area contributed by atoms with Crippen LogP contribution in [0.1, 0.15) is 23.7 Å². The number of carbonyl (C=O) groups excluding carboxylic acids is 1. The summed E-state index contributed by atoms with van der Waals surface area (Å²) >= 11 is 5.86. The minimum atomic E-state index is -3.19. The van der Waals surface area contributed by atoms with Gasteiger partial charge in [-0.3, -0.25) is 4.79 Å². The lowest BCUT2D eigenvalue weighted by atomic mass is 10.2. The molecule has 0 aliphatic carbocycles. The van der Waals surface area contributed by atoms with Gasteiger partial charge in [-0.1, -0.05) is 11.6 Å². The van der Waals surface area contributed by atoms with Gasteiger partial charge in [0.2, 0.25) is 10.0 Å². The standard InChI is InChI=1S/C12H19ClN4O3S/c1-3-14-11-8-9(7-10(13)17-11)12(18)15-5-4-6-16-21(2,19)20/h7-8,16H,3-6H2,1-2H3,(H,14,17)(H,15,18). The van der Waals surface area contributed by atoms with E-state index in [1.807, 2.05) is 6.92 Å². The number of nitrogens with zero attached hydrogens (tertiary/aromatic N) is 1. The van der Waals surface area contributed by atoms with Gasteiger partial charge in [0, 0.05) is 25.2 Å². The summed E-state index contributed by atoms with van der Waals surface area (Å²) in [6.45, 7) is 3.22.